The summed E-state index contributed by atoms with van der Waals surface area (Å²) >= 11 is 1.52. The van der Waals surface area contributed by atoms with Gasteiger partial charge in [0.15, 0.2) is 0 Å². The van der Waals surface area contributed by atoms with Crippen molar-refractivity contribution in [3.05, 3.63) is 17.1 Å². The van der Waals surface area contributed by atoms with Crippen molar-refractivity contribution in [2.24, 2.45) is 5.73 Å². The Labute approximate surface area is 58.9 Å². The molecule has 0 amide bonds. The average molecular weight is 142 g/mol. The second kappa shape index (κ2) is 2.94. The van der Waals surface area contributed by atoms with Crippen LogP contribution in [0.2, 0.25) is 0 Å². The van der Waals surface area contributed by atoms with Crippen LogP contribution in [0.15, 0.2) is 12.3 Å². The van der Waals surface area contributed by atoms with Crippen molar-refractivity contribution in [1.82, 2.24) is 4.37 Å². The van der Waals surface area contributed by atoms with Crippen LogP contribution in [-0.4, -0.2) is 10.4 Å². The molecule has 0 aliphatic rings. The highest BCUT2D eigenvalue weighted by molar-refractivity contribution is 7.05. The molecule has 0 radical (unpaired) electrons. The van der Waals surface area contributed by atoms with Gasteiger partial charge in [0.1, 0.15) is 0 Å². The smallest absolute Gasteiger partial charge is 0.0409 e. The molecule has 0 aromatic carbocycles. The molecular weight excluding hydrogens is 132 g/mol. The lowest BCUT2D eigenvalue weighted by molar-refractivity contribution is 0.746. The summed E-state index contributed by atoms with van der Waals surface area (Å²) in [6.45, 7) is 2.00. The number of hydrogen-bond acceptors (Lipinski definition) is 3. The summed E-state index contributed by atoms with van der Waals surface area (Å²) in [5, 5.41) is 0. The summed E-state index contributed by atoms with van der Waals surface area (Å²) in [5.41, 5.74) is 5.56. The summed E-state index contributed by atoms with van der Waals surface area (Å²) < 4.78 is 3.96. The van der Waals surface area contributed by atoms with Crippen molar-refractivity contribution >= 4 is 11.5 Å². The highest BCUT2D eigenvalue weighted by Gasteiger charge is 1.97. The van der Waals surface area contributed by atoms with Crippen LogP contribution >= 0.6 is 11.5 Å². The molecule has 1 atom stereocenters. The second-order valence-corrected chi connectivity index (χ2v) is 3.08. The summed E-state index contributed by atoms with van der Waals surface area (Å²) in [4.78, 5) is 1.27. The summed E-state index contributed by atoms with van der Waals surface area (Å²) in [6.07, 6.45) is 2.76. The van der Waals surface area contributed by atoms with Gasteiger partial charge >= 0.3 is 0 Å². The third-order valence-electron chi connectivity index (χ3n) is 1.01. The van der Waals surface area contributed by atoms with Gasteiger partial charge in [-0.1, -0.05) is 0 Å². The molecule has 50 valence electrons. The topological polar surface area (TPSA) is 38.9 Å². The molecule has 3 heteroatoms. The zero-order valence-electron chi connectivity index (χ0n) is 5.37. The quantitative estimate of drug-likeness (QED) is 0.670. The van der Waals surface area contributed by atoms with Gasteiger partial charge in [-0.2, -0.15) is 0 Å². The molecule has 2 nitrogen and oxygen atoms in total. The van der Waals surface area contributed by atoms with E-state index in [-0.39, 0.29) is 6.04 Å². The molecule has 0 bridgehead atoms. The largest absolute Gasteiger partial charge is 0.328 e. The van der Waals surface area contributed by atoms with E-state index in [1.807, 2.05) is 19.2 Å². The average Bonchev–Trinajstić information content (AvgIpc) is 2.15. The van der Waals surface area contributed by atoms with Crippen molar-refractivity contribution in [3.8, 4) is 0 Å². The van der Waals surface area contributed by atoms with Gasteiger partial charge in [0.05, 0.1) is 0 Å². The first kappa shape index (κ1) is 6.71. The van der Waals surface area contributed by atoms with E-state index in [4.69, 9.17) is 5.73 Å². The maximum atomic E-state index is 5.56. The molecule has 1 unspecified atom stereocenters. The summed E-state index contributed by atoms with van der Waals surface area (Å²) in [6, 6.07) is 2.26. The Balaban J connectivity index is 2.48. The predicted octanol–water partition coefficient (Wildman–Crippen LogP) is 1.03. The molecule has 0 fully saturated rings. The van der Waals surface area contributed by atoms with Crippen molar-refractivity contribution in [3.63, 3.8) is 0 Å². The highest BCUT2D eigenvalue weighted by atomic mass is 32.1. The Kier molecular flexibility index (Phi) is 2.19. The van der Waals surface area contributed by atoms with Gasteiger partial charge in [-0.3, -0.25) is 0 Å². The minimum Gasteiger partial charge on any atom is -0.328 e. The van der Waals surface area contributed by atoms with Gasteiger partial charge in [-0.05, 0) is 30.9 Å². The van der Waals surface area contributed by atoms with E-state index in [0.29, 0.717) is 0 Å². The fourth-order valence-electron chi connectivity index (χ4n) is 0.665. The molecule has 1 rings (SSSR count). The van der Waals surface area contributed by atoms with Gasteiger partial charge < -0.3 is 5.73 Å². The minimum absolute atomic E-state index is 0.255. The minimum atomic E-state index is 0.255. The van der Waals surface area contributed by atoms with Crippen LogP contribution in [0, 0.1) is 0 Å². The Bertz CT molecular complexity index is 158. The maximum absolute atomic E-state index is 5.56. The van der Waals surface area contributed by atoms with Crippen LogP contribution in [0.5, 0.6) is 0 Å². The van der Waals surface area contributed by atoms with Crippen LogP contribution in [0.1, 0.15) is 11.8 Å². The molecule has 0 saturated carbocycles. The molecule has 1 aromatic rings. The van der Waals surface area contributed by atoms with E-state index in [1.54, 1.807) is 0 Å². The summed E-state index contributed by atoms with van der Waals surface area (Å²) in [7, 11) is 0. The van der Waals surface area contributed by atoms with E-state index in [1.165, 1.54) is 16.4 Å². The normalized spacial score (nSPS) is 13.6. The van der Waals surface area contributed by atoms with Crippen molar-refractivity contribution < 1.29 is 0 Å². The molecule has 1 heterocycles. The first-order chi connectivity index (χ1) is 4.29. The van der Waals surface area contributed by atoms with Gasteiger partial charge in [-0.15, -0.1) is 0 Å². The Morgan fingerprint density at radius 2 is 2.67 bits per heavy atom. The Hall–Kier alpha value is -0.410. The van der Waals surface area contributed by atoms with Gasteiger partial charge in [0, 0.05) is 17.1 Å². The number of nitrogens with two attached hydrogens (primary N) is 1. The van der Waals surface area contributed by atoms with Gasteiger partial charge in [0.2, 0.25) is 0 Å². The molecule has 2 N–H and O–H groups in total. The molecule has 9 heavy (non-hydrogen) atoms. The lowest BCUT2D eigenvalue weighted by atomic mass is 10.2. The lowest BCUT2D eigenvalue weighted by Gasteiger charge is -1.98. The number of aromatic nitrogens is 1. The van der Waals surface area contributed by atoms with Crippen LogP contribution in [0.3, 0.4) is 0 Å². The number of nitrogens with zero attached hydrogens (tertiary/aromatic N) is 1. The third kappa shape index (κ3) is 2.11. The standard InChI is InChI=1S/C6H10N2S/c1-5(7)4-6-2-3-8-9-6/h2-3,5H,4,7H2,1H3. The van der Waals surface area contributed by atoms with Gasteiger partial charge in [0.25, 0.3) is 0 Å². The van der Waals surface area contributed by atoms with Crippen molar-refractivity contribution in [2.75, 3.05) is 0 Å². The fourth-order valence-corrected chi connectivity index (χ4v) is 1.38. The fraction of sp³-hybridized carbons (Fsp3) is 0.500. The maximum Gasteiger partial charge on any atom is 0.0409 e. The Morgan fingerprint density at radius 3 is 3.11 bits per heavy atom. The molecule has 0 saturated heterocycles. The first-order valence-corrected chi connectivity index (χ1v) is 3.71. The van der Waals surface area contributed by atoms with Crippen LogP contribution < -0.4 is 5.73 Å². The monoisotopic (exact) mass is 142 g/mol. The van der Waals surface area contributed by atoms with Crippen LogP contribution in [0.4, 0.5) is 0 Å². The zero-order chi connectivity index (χ0) is 6.69. The van der Waals surface area contributed by atoms with E-state index in [9.17, 15) is 0 Å². The number of hydrogen-bond donors (Lipinski definition) is 1. The number of rotatable bonds is 2. The zero-order valence-corrected chi connectivity index (χ0v) is 6.19. The van der Waals surface area contributed by atoms with Crippen molar-refractivity contribution in [1.29, 1.82) is 0 Å². The van der Waals surface area contributed by atoms with E-state index < -0.39 is 0 Å². The SMILES string of the molecule is CC(N)Cc1ccns1. The molecule has 0 aliphatic carbocycles. The second-order valence-electron chi connectivity index (χ2n) is 2.16. The molecule has 0 spiro atoms. The van der Waals surface area contributed by atoms with Gasteiger partial charge in [-0.25, -0.2) is 4.37 Å². The van der Waals surface area contributed by atoms with E-state index in [0.717, 1.165) is 6.42 Å². The van der Waals surface area contributed by atoms with Crippen LogP contribution in [-0.2, 0) is 6.42 Å². The highest BCUT2D eigenvalue weighted by Crippen LogP contribution is 2.05. The molecule has 0 aliphatic heterocycles. The molecule has 1 aromatic heterocycles. The molecular formula is C6H10N2S. The first-order valence-electron chi connectivity index (χ1n) is 2.94. The third-order valence-corrected chi connectivity index (χ3v) is 1.78. The lowest BCUT2D eigenvalue weighted by Crippen LogP contribution is -2.16. The predicted molar refractivity (Wildman–Crippen MR) is 39.5 cm³/mol. The van der Waals surface area contributed by atoms with E-state index >= 15 is 0 Å². The van der Waals surface area contributed by atoms with E-state index in [2.05, 4.69) is 4.37 Å². The van der Waals surface area contributed by atoms with Crippen LogP contribution in [0.25, 0.3) is 0 Å². The van der Waals surface area contributed by atoms with Crippen molar-refractivity contribution in [2.45, 2.75) is 19.4 Å². The Morgan fingerprint density at radius 1 is 1.89 bits per heavy atom. The summed E-state index contributed by atoms with van der Waals surface area (Å²) in [5.74, 6) is 0.